The van der Waals surface area contributed by atoms with Gasteiger partial charge in [0, 0.05) is 44.6 Å². The van der Waals surface area contributed by atoms with E-state index >= 15 is 0 Å². The lowest BCUT2D eigenvalue weighted by molar-refractivity contribution is 0.303. The summed E-state index contributed by atoms with van der Waals surface area (Å²) in [6.45, 7) is 6.63. The number of hydrogen-bond acceptors (Lipinski definition) is 5. The van der Waals surface area contributed by atoms with Gasteiger partial charge in [0.05, 0.1) is 18.4 Å². The Hall–Kier alpha value is -1.73. The highest BCUT2D eigenvalue weighted by atomic mass is 15.4. The molecule has 116 valence electrons. The van der Waals surface area contributed by atoms with E-state index in [4.69, 9.17) is 0 Å². The van der Waals surface area contributed by atoms with E-state index in [2.05, 4.69) is 39.6 Å². The van der Waals surface area contributed by atoms with Gasteiger partial charge in [0.25, 0.3) is 0 Å². The highest BCUT2D eigenvalue weighted by molar-refractivity contribution is 5.02. The summed E-state index contributed by atoms with van der Waals surface area (Å²) in [6.07, 6.45) is 7.10. The van der Waals surface area contributed by atoms with Crippen molar-refractivity contribution < 1.29 is 0 Å². The third-order valence-corrected chi connectivity index (χ3v) is 3.24. The van der Waals surface area contributed by atoms with Crippen LogP contribution in [0.1, 0.15) is 24.6 Å². The van der Waals surface area contributed by atoms with Crippen molar-refractivity contribution in [1.29, 1.82) is 0 Å². The molecule has 0 bridgehead atoms. The maximum absolute atomic E-state index is 4.18. The molecular formula is C14H25N7. The Bertz CT molecular complexity index is 531. The highest BCUT2D eigenvalue weighted by Gasteiger charge is 2.04. The summed E-state index contributed by atoms with van der Waals surface area (Å²) >= 11 is 0. The maximum atomic E-state index is 4.18. The van der Waals surface area contributed by atoms with Gasteiger partial charge in [-0.25, -0.2) is 0 Å². The van der Waals surface area contributed by atoms with Gasteiger partial charge in [0.15, 0.2) is 0 Å². The largest absolute Gasteiger partial charge is 0.311 e. The van der Waals surface area contributed by atoms with E-state index in [1.165, 1.54) is 5.56 Å². The van der Waals surface area contributed by atoms with Crippen LogP contribution >= 0.6 is 0 Å². The Kier molecular flexibility index (Phi) is 5.89. The molecule has 7 heteroatoms. The number of aryl methyl sites for hydroxylation is 1. The van der Waals surface area contributed by atoms with Crippen LogP contribution in [0.15, 0.2) is 18.6 Å². The Morgan fingerprint density at radius 2 is 2.19 bits per heavy atom. The van der Waals surface area contributed by atoms with Crippen LogP contribution in [0.4, 0.5) is 0 Å². The van der Waals surface area contributed by atoms with Crippen molar-refractivity contribution in [3.05, 3.63) is 29.8 Å². The molecule has 2 aromatic heterocycles. The zero-order chi connectivity index (χ0) is 15.1. The zero-order valence-corrected chi connectivity index (χ0v) is 13.2. The number of hydrogen-bond donors (Lipinski definition) is 1. The van der Waals surface area contributed by atoms with Crippen molar-refractivity contribution in [2.45, 2.75) is 33.0 Å². The molecule has 2 heterocycles. The van der Waals surface area contributed by atoms with Crippen molar-refractivity contribution in [3.8, 4) is 0 Å². The van der Waals surface area contributed by atoms with Crippen LogP contribution in [-0.2, 0) is 26.7 Å². The first-order valence-electron chi connectivity index (χ1n) is 7.43. The Balaban J connectivity index is 1.72. The minimum Gasteiger partial charge on any atom is -0.311 e. The SMILES string of the molecule is CCCNCc1cn(CCN(C)Cc2cnn(C)c2)nn1. The van der Waals surface area contributed by atoms with Crippen LogP contribution < -0.4 is 5.32 Å². The molecule has 0 aliphatic heterocycles. The number of rotatable bonds is 9. The fourth-order valence-corrected chi connectivity index (χ4v) is 2.14. The van der Waals surface area contributed by atoms with Gasteiger partial charge in [0.2, 0.25) is 0 Å². The normalized spacial score (nSPS) is 11.4. The quantitative estimate of drug-likeness (QED) is 0.687. The van der Waals surface area contributed by atoms with E-state index in [0.717, 1.165) is 44.8 Å². The molecule has 0 radical (unpaired) electrons. The third-order valence-electron chi connectivity index (χ3n) is 3.24. The molecule has 0 saturated heterocycles. The van der Waals surface area contributed by atoms with Crippen molar-refractivity contribution in [2.24, 2.45) is 7.05 Å². The first kappa shape index (κ1) is 15.7. The summed E-state index contributed by atoms with van der Waals surface area (Å²) in [5, 5.41) is 15.8. The summed E-state index contributed by atoms with van der Waals surface area (Å²) in [6, 6.07) is 0. The maximum Gasteiger partial charge on any atom is 0.0964 e. The van der Waals surface area contributed by atoms with E-state index in [1.807, 2.05) is 35.0 Å². The predicted octanol–water partition coefficient (Wildman–Crippen LogP) is 0.643. The third kappa shape index (κ3) is 5.28. The van der Waals surface area contributed by atoms with Crippen molar-refractivity contribution in [1.82, 2.24) is 35.0 Å². The lowest BCUT2D eigenvalue weighted by Crippen LogP contribution is -2.23. The average molecular weight is 291 g/mol. The fourth-order valence-electron chi connectivity index (χ4n) is 2.14. The molecule has 2 rings (SSSR count). The zero-order valence-electron chi connectivity index (χ0n) is 13.2. The van der Waals surface area contributed by atoms with Crippen LogP contribution in [-0.4, -0.2) is 49.8 Å². The smallest absolute Gasteiger partial charge is 0.0964 e. The highest BCUT2D eigenvalue weighted by Crippen LogP contribution is 2.01. The van der Waals surface area contributed by atoms with Gasteiger partial charge in [-0.2, -0.15) is 5.10 Å². The number of likely N-dealkylation sites (N-methyl/N-ethyl adjacent to an activating group) is 1. The van der Waals surface area contributed by atoms with Gasteiger partial charge in [-0.3, -0.25) is 9.36 Å². The van der Waals surface area contributed by atoms with Crippen LogP contribution in [0.2, 0.25) is 0 Å². The molecule has 0 aliphatic carbocycles. The molecule has 0 atom stereocenters. The topological polar surface area (TPSA) is 63.8 Å². The minimum absolute atomic E-state index is 0.791. The van der Waals surface area contributed by atoms with E-state index in [-0.39, 0.29) is 0 Å². The van der Waals surface area contributed by atoms with E-state index in [0.29, 0.717) is 0 Å². The van der Waals surface area contributed by atoms with Crippen molar-refractivity contribution in [3.63, 3.8) is 0 Å². The van der Waals surface area contributed by atoms with E-state index in [9.17, 15) is 0 Å². The molecule has 1 N–H and O–H groups in total. The average Bonchev–Trinajstić information content (AvgIpc) is 3.06. The monoisotopic (exact) mass is 291 g/mol. The van der Waals surface area contributed by atoms with Gasteiger partial charge >= 0.3 is 0 Å². The van der Waals surface area contributed by atoms with Crippen molar-refractivity contribution >= 4 is 0 Å². The molecule has 2 aromatic rings. The summed E-state index contributed by atoms with van der Waals surface area (Å²) in [5.74, 6) is 0. The van der Waals surface area contributed by atoms with Gasteiger partial charge in [-0.15, -0.1) is 5.10 Å². The van der Waals surface area contributed by atoms with Gasteiger partial charge < -0.3 is 10.2 Å². The summed E-state index contributed by atoms with van der Waals surface area (Å²) in [4.78, 5) is 2.26. The van der Waals surface area contributed by atoms with Crippen molar-refractivity contribution in [2.75, 3.05) is 20.1 Å². The molecule has 0 aliphatic rings. The van der Waals surface area contributed by atoms with Crippen LogP contribution in [0.25, 0.3) is 0 Å². The van der Waals surface area contributed by atoms with E-state index in [1.54, 1.807) is 0 Å². The number of nitrogens with zero attached hydrogens (tertiary/aromatic N) is 6. The summed E-state index contributed by atoms with van der Waals surface area (Å²) in [5.41, 5.74) is 2.22. The standard InChI is InChI=1S/C14H25N7/c1-4-5-15-9-14-12-21(18-17-14)7-6-19(2)10-13-8-16-20(3)11-13/h8,11-12,15H,4-7,9-10H2,1-3H3. The lowest BCUT2D eigenvalue weighted by atomic mass is 10.3. The molecule has 0 saturated carbocycles. The molecule has 7 nitrogen and oxygen atoms in total. The van der Waals surface area contributed by atoms with Gasteiger partial charge in [-0.1, -0.05) is 12.1 Å². The van der Waals surface area contributed by atoms with Crippen LogP contribution in [0.5, 0.6) is 0 Å². The second kappa shape index (κ2) is 7.90. The molecule has 0 amide bonds. The predicted molar refractivity (Wildman–Crippen MR) is 81.6 cm³/mol. The van der Waals surface area contributed by atoms with Gasteiger partial charge in [0.1, 0.15) is 0 Å². The summed E-state index contributed by atoms with van der Waals surface area (Å²) in [7, 11) is 4.04. The molecule has 0 aromatic carbocycles. The summed E-state index contributed by atoms with van der Waals surface area (Å²) < 4.78 is 3.73. The first-order chi connectivity index (χ1) is 10.2. The molecular weight excluding hydrogens is 266 g/mol. The molecule has 0 fully saturated rings. The van der Waals surface area contributed by atoms with Crippen LogP contribution in [0, 0.1) is 0 Å². The van der Waals surface area contributed by atoms with Crippen LogP contribution in [0.3, 0.4) is 0 Å². The Labute approximate surface area is 125 Å². The fraction of sp³-hybridized carbons (Fsp3) is 0.643. The number of nitrogens with one attached hydrogen (secondary N) is 1. The van der Waals surface area contributed by atoms with Gasteiger partial charge in [-0.05, 0) is 20.0 Å². The molecule has 21 heavy (non-hydrogen) atoms. The first-order valence-corrected chi connectivity index (χ1v) is 7.43. The molecule has 0 spiro atoms. The molecule has 0 unspecified atom stereocenters. The lowest BCUT2D eigenvalue weighted by Gasteiger charge is -2.14. The second-order valence-electron chi connectivity index (χ2n) is 5.41. The Morgan fingerprint density at radius 1 is 1.33 bits per heavy atom. The second-order valence-corrected chi connectivity index (χ2v) is 5.41. The Morgan fingerprint density at radius 3 is 2.90 bits per heavy atom. The number of aromatic nitrogens is 5. The van der Waals surface area contributed by atoms with E-state index < -0.39 is 0 Å². The minimum atomic E-state index is 0.791.